The zero-order valence-corrected chi connectivity index (χ0v) is 21.3. The lowest BCUT2D eigenvalue weighted by Crippen LogP contribution is -2.52. The molecule has 1 N–H and O–H groups in total. The number of ether oxygens (including phenoxy) is 2. The molecule has 0 radical (unpaired) electrons. The van der Waals surface area contributed by atoms with Gasteiger partial charge in [0.05, 0.1) is 13.2 Å². The van der Waals surface area contributed by atoms with E-state index in [1.165, 1.54) is 4.90 Å². The lowest BCUT2D eigenvalue weighted by Gasteiger charge is -2.34. The van der Waals surface area contributed by atoms with Gasteiger partial charge in [0.2, 0.25) is 17.7 Å². The first-order chi connectivity index (χ1) is 17.7. The molecule has 12 heteroatoms. The Hall–Kier alpha value is -3.53. The molecule has 2 aromatic rings. The van der Waals surface area contributed by atoms with Crippen LogP contribution in [-0.2, 0) is 32.3 Å². The summed E-state index contributed by atoms with van der Waals surface area (Å²) in [5.41, 5.74) is 5.53. The van der Waals surface area contributed by atoms with Crippen molar-refractivity contribution in [2.45, 2.75) is 38.0 Å². The van der Waals surface area contributed by atoms with E-state index in [9.17, 15) is 19.2 Å². The monoisotopic (exact) mass is 499 g/mol. The van der Waals surface area contributed by atoms with Crippen molar-refractivity contribution in [3.05, 3.63) is 52.6 Å². The number of imide groups is 1. The van der Waals surface area contributed by atoms with Crippen LogP contribution in [0.4, 0.5) is 0 Å². The van der Waals surface area contributed by atoms with Crippen LogP contribution in [0.3, 0.4) is 0 Å². The Kier molecular flexibility index (Phi) is 6.85. The minimum atomic E-state index is -0.664. The predicted octanol–water partition coefficient (Wildman–Crippen LogP) is -2.97. The SMILES string of the molecule is Bc1cc(C(B)N2CCOCC2=O)c(B)cc1COc1cccc2c1CN(C1CCC(=O)NC1=O)C2=O. The Labute approximate surface area is 218 Å². The standard InChI is InChI=1S/C25H28B3N3O6/c26-17-9-15(23(28)30-6-7-36-12-22(30)33)18(27)8-13(17)11-37-20-3-1-2-14-16(20)10-31(25(14)35)19-4-5-21(32)29-24(19)34/h1-3,8-9,19,23H,4-7,10-12,26-28H2,(H,29,32,34). The van der Waals surface area contributed by atoms with Crippen LogP contribution < -0.4 is 21.0 Å². The molecule has 0 spiro atoms. The van der Waals surface area contributed by atoms with Crippen molar-refractivity contribution < 1.29 is 28.7 Å². The molecule has 0 bridgehead atoms. The van der Waals surface area contributed by atoms with Gasteiger partial charge in [-0.1, -0.05) is 29.1 Å². The molecular weight excluding hydrogens is 471 g/mol. The van der Waals surface area contributed by atoms with Crippen molar-refractivity contribution >= 4 is 58.1 Å². The number of nitrogens with zero attached hydrogens (tertiary/aromatic N) is 2. The van der Waals surface area contributed by atoms with Gasteiger partial charge in [0.25, 0.3) is 5.91 Å². The highest BCUT2D eigenvalue weighted by atomic mass is 16.5. The molecule has 0 aliphatic carbocycles. The molecule has 3 heterocycles. The van der Waals surface area contributed by atoms with Crippen molar-refractivity contribution in [1.29, 1.82) is 0 Å². The molecule has 3 aliphatic rings. The summed E-state index contributed by atoms with van der Waals surface area (Å²) in [4.78, 5) is 52.7. The molecule has 2 fully saturated rings. The van der Waals surface area contributed by atoms with Gasteiger partial charge in [-0.05, 0) is 29.7 Å². The maximum atomic E-state index is 13.1. The Morgan fingerprint density at radius 3 is 2.70 bits per heavy atom. The number of rotatable bonds is 6. The third-order valence-corrected chi connectivity index (χ3v) is 7.59. The number of piperidine rings is 1. The summed E-state index contributed by atoms with van der Waals surface area (Å²) in [7, 11) is 6.11. The lowest BCUT2D eigenvalue weighted by atomic mass is 9.74. The molecule has 2 saturated heterocycles. The van der Waals surface area contributed by atoms with Gasteiger partial charge >= 0.3 is 0 Å². The summed E-state index contributed by atoms with van der Waals surface area (Å²) in [6.07, 6.45) is 0.534. The largest absolute Gasteiger partial charge is 0.489 e. The van der Waals surface area contributed by atoms with E-state index in [0.717, 1.165) is 27.6 Å². The number of hydrogen-bond donors (Lipinski definition) is 1. The third-order valence-electron chi connectivity index (χ3n) is 7.59. The van der Waals surface area contributed by atoms with Gasteiger partial charge in [-0.2, -0.15) is 0 Å². The van der Waals surface area contributed by atoms with Gasteiger partial charge in [-0.3, -0.25) is 24.5 Å². The van der Waals surface area contributed by atoms with Crippen LogP contribution in [0.2, 0.25) is 0 Å². The summed E-state index contributed by atoms with van der Waals surface area (Å²) in [6, 6.07) is 8.91. The van der Waals surface area contributed by atoms with Crippen LogP contribution in [-0.4, -0.2) is 82.8 Å². The normalized spacial score (nSPS) is 20.6. The van der Waals surface area contributed by atoms with Crippen LogP contribution >= 0.6 is 0 Å². The Balaban J connectivity index is 1.31. The summed E-state index contributed by atoms with van der Waals surface area (Å²) in [5.74, 6) is -0.406. The first-order valence-corrected chi connectivity index (χ1v) is 12.6. The Bertz CT molecular complexity index is 1300. The number of carbonyl (C=O) groups excluding carboxylic acids is 4. The molecule has 37 heavy (non-hydrogen) atoms. The number of carbonyl (C=O) groups is 4. The second-order valence-electron chi connectivity index (χ2n) is 9.92. The van der Waals surface area contributed by atoms with Crippen LogP contribution in [0.25, 0.3) is 0 Å². The van der Waals surface area contributed by atoms with Crippen LogP contribution in [0.5, 0.6) is 5.75 Å². The van der Waals surface area contributed by atoms with Gasteiger partial charge < -0.3 is 19.3 Å². The maximum absolute atomic E-state index is 13.1. The quantitative estimate of drug-likeness (QED) is 0.337. The van der Waals surface area contributed by atoms with Crippen molar-refractivity contribution in [1.82, 2.24) is 15.1 Å². The molecule has 0 saturated carbocycles. The smallest absolute Gasteiger partial charge is 0.255 e. The lowest BCUT2D eigenvalue weighted by molar-refractivity contribution is -0.143. The van der Waals surface area contributed by atoms with E-state index in [0.29, 0.717) is 37.5 Å². The van der Waals surface area contributed by atoms with Gasteiger partial charge in [-0.15, -0.1) is 0 Å². The fraction of sp³-hybridized carbons (Fsp3) is 0.360. The van der Waals surface area contributed by atoms with Crippen LogP contribution in [0, 0.1) is 0 Å². The third kappa shape index (κ3) is 4.77. The van der Waals surface area contributed by atoms with Gasteiger partial charge in [0.15, 0.2) is 0 Å². The zero-order chi connectivity index (χ0) is 26.3. The summed E-state index contributed by atoms with van der Waals surface area (Å²) >= 11 is 0. The maximum Gasteiger partial charge on any atom is 0.255 e. The second-order valence-corrected chi connectivity index (χ2v) is 9.92. The number of fused-ring (bicyclic) bond motifs is 1. The van der Waals surface area contributed by atoms with Crippen LogP contribution in [0.1, 0.15) is 45.8 Å². The summed E-state index contributed by atoms with van der Waals surface area (Å²) in [6.45, 7) is 1.83. The van der Waals surface area contributed by atoms with E-state index in [4.69, 9.17) is 9.47 Å². The molecule has 2 atom stereocenters. The molecule has 9 nitrogen and oxygen atoms in total. The minimum Gasteiger partial charge on any atom is -0.489 e. The fourth-order valence-electron chi connectivity index (χ4n) is 5.46. The van der Waals surface area contributed by atoms with E-state index in [1.807, 2.05) is 34.5 Å². The molecule has 2 aromatic carbocycles. The van der Waals surface area contributed by atoms with Crippen molar-refractivity contribution in [3.8, 4) is 5.75 Å². The molecule has 188 valence electrons. The van der Waals surface area contributed by atoms with Gasteiger partial charge in [0, 0.05) is 30.0 Å². The first-order valence-electron chi connectivity index (χ1n) is 12.6. The average molecular weight is 499 g/mol. The van der Waals surface area contributed by atoms with E-state index in [-0.39, 0.29) is 43.2 Å². The first kappa shape index (κ1) is 25.1. The molecule has 5 rings (SSSR count). The van der Waals surface area contributed by atoms with Crippen molar-refractivity contribution in [2.75, 3.05) is 19.8 Å². The topological polar surface area (TPSA) is 105 Å². The van der Waals surface area contributed by atoms with E-state index in [2.05, 4.69) is 17.4 Å². The van der Waals surface area contributed by atoms with E-state index >= 15 is 0 Å². The zero-order valence-electron chi connectivity index (χ0n) is 21.3. The molecule has 0 aromatic heterocycles. The number of amides is 4. The number of benzene rings is 2. The number of hydrogen-bond acceptors (Lipinski definition) is 6. The van der Waals surface area contributed by atoms with Gasteiger partial charge in [-0.25, -0.2) is 0 Å². The molecule has 2 unspecified atom stereocenters. The van der Waals surface area contributed by atoms with E-state index in [1.54, 1.807) is 12.1 Å². The Morgan fingerprint density at radius 1 is 1.14 bits per heavy atom. The predicted molar refractivity (Wildman–Crippen MR) is 143 cm³/mol. The van der Waals surface area contributed by atoms with Crippen molar-refractivity contribution in [3.63, 3.8) is 0 Å². The Morgan fingerprint density at radius 2 is 1.95 bits per heavy atom. The number of nitrogens with one attached hydrogen (secondary N) is 1. The highest BCUT2D eigenvalue weighted by Crippen LogP contribution is 2.34. The molecular formula is C25H28B3N3O6. The average Bonchev–Trinajstić information content (AvgIpc) is 3.21. The highest BCUT2D eigenvalue weighted by Gasteiger charge is 2.40. The second kappa shape index (κ2) is 10.1. The minimum absolute atomic E-state index is 0.00189. The summed E-state index contributed by atoms with van der Waals surface area (Å²) in [5, 5.41) is 2.33. The van der Waals surface area contributed by atoms with Gasteiger partial charge in [0.1, 0.15) is 48.5 Å². The fourth-order valence-corrected chi connectivity index (χ4v) is 5.46. The number of morpholine rings is 1. The van der Waals surface area contributed by atoms with Crippen LogP contribution in [0.15, 0.2) is 30.3 Å². The molecule has 3 aliphatic heterocycles. The highest BCUT2D eigenvalue weighted by molar-refractivity contribution is 6.38. The summed E-state index contributed by atoms with van der Waals surface area (Å²) < 4.78 is 11.5. The van der Waals surface area contributed by atoms with E-state index < -0.39 is 11.9 Å². The van der Waals surface area contributed by atoms with Crippen molar-refractivity contribution in [2.24, 2.45) is 0 Å². The molecule has 4 amide bonds.